The average molecular weight is 235 g/mol. The second-order valence-corrected chi connectivity index (χ2v) is 4.34. The van der Waals surface area contributed by atoms with Gasteiger partial charge in [0.1, 0.15) is 5.70 Å². The maximum absolute atomic E-state index is 11.7. The number of likely N-dealkylation sites (N-methyl/N-ethyl adjacent to an activating group) is 2. The number of nitrogens with zero attached hydrogens (tertiary/aromatic N) is 3. The molecule has 2 fully saturated rings. The van der Waals surface area contributed by atoms with E-state index in [2.05, 4.69) is 4.90 Å². The molecule has 3 amide bonds. The van der Waals surface area contributed by atoms with E-state index < -0.39 is 0 Å². The summed E-state index contributed by atoms with van der Waals surface area (Å²) in [6.45, 7) is 2.14. The quantitative estimate of drug-likeness (QED) is 0.530. The third kappa shape index (κ3) is 2.18. The minimum atomic E-state index is -0.282. The fourth-order valence-corrected chi connectivity index (χ4v) is 2.06. The van der Waals surface area contributed by atoms with Crippen molar-refractivity contribution in [3.63, 3.8) is 0 Å². The van der Waals surface area contributed by atoms with Crippen LogP contribution < -0.4 is 0 Å². The largest absolute Gasteiger partial charge is 0.377 e. The van der Waals surface area contributed by atoms with Crippen LogP contribution in [0.3, 0.4) is 0 Å². The van der Waals surface area contributed by atoms with E-state index in [4.69, 9.17) is 0 Å². The molecular weight excluding hydrogens is 218 g/mol. The number of allylic oxidation sites excluding steroid dienone is 2. The zero-order chi connectivity index (χ0) is 12.4. The zero-order valence-corrected chi connectivity index (χ0v) is 10.2. The Balaban J connectivity index is 2.06. The van der Waals surface area contributed by atoms with Crippen molar-refractivity contribution in [3.8, 4) is 0 Å². The van der Waals surface area contributed by atoms with Crippen LogP contribution in [0.15, 0.2) is 24.0 Å². The molecule has 0 aliphatic carbocycles. The van der Waals surface area contributed by atoms with Gasteiger partial charge in [0.05, 0.1) is 0 Å². The highest BCUT2D eigenvalue weighted by Crippen LogP contribution is 2.17. The normalized spacial score (nSPS) is 23.9. The van der Waals surface area contributed by atoms with Crippen molar-refractivity contribution >= 4 is 11.9 Å². The van der Waals surface area contributed by atoms with Gasteiger partial charge < -0.3 is 4.90 Å². The predicted molar refractivity (Wildman–Crippen MR) is 64.0 cm³/mol. The van der Waals surface area contributed by atoms with Crippen molar-refractivity contribution in [3.05, 3.63) is 24.0 Å². The Kier molecular flexibility index (Phi) is 3.17. The van der Waals surface area contributed by atoms with Crippen LogP contribution in [0.2, 0.25) is 0 Å². The molecule has 2 rings (SSSR count). The first-order valence-corrected chi connectivity index (χ1v) is 5.79. The van der Waals surface area contributed by atoms with Gasteiger partial charge in [-0.2, -0.15) is 0 Å². The maximum atomic E-state index is 11.7. The number of imide groups is 1. The number of rotatable bonds is 2. The molecule has 0 aromatic heterocycles. The first-order valence-electron chi connectivity index (χ1n) is 5.79. The molecule has 5 heteroatoms. The molecule has 5 nitrogen and oxygen atoms in total. The minimum absolute atomic E-state index is 0.247. The summed E-state index contributed by atoms with van der Waals surface area (Å²) in [4.78, 5) is 27.9. The monoisotopic (exact) mass is 235 g/mol. The smallest absolute Gasteiger partial charge is 0.331 e. The van der Waals surface area contributed by atoms with Gasteiger partial charge in [-0.1, -0.05) is 0 Å². The lowest BCUT2D eigenvalue weighted by Crippen LogP contribution is -2.27. The molecule has 92 valence electrons. The van der Waals surface area contributed by atoms with Gasteiger partial charge in [0.15, 0.2) is 0 Å². The Morgan fingerprint density at radius 2 is 1.71 bits per heavy atom. The van der Waals surface area contributed by atoms with Crippen LogP contribution in [0.4, 0.5) is 4.79 Å². The van der Waals surface area contributed by atoms with E-state index in [0.29, 0.717) is 5.70 Å². The number of likely N-dealkylation sites (tertiary alicyclic amines) is 1. The summed E-state index contributed by atoms with van der Waals surface area (Å²) in [6, 6.07) is -0.282. The van der Waals surface area contributed by atoms with Crippen molar-refractivity contribution in [2.45, 2.75) is 12.8 Å². The highest BCUT2D eigenvalue weighted by molar-refractivity contribution is 6.11. The van der Waals surface area contributed by atoms with E-state index in [1.165, 1.54) is 24.8 Å². The summed E-state index contributed by atoms with van der Waals surface area (Å²) in [5.74, 6) is -0.247. The number of carbonyl (C=O) groups is 2. The molecule has 2 saturated heterocycles. The Bertz CT molecular complexity index is 395. The second kappa shape index (κ2) is 4.61. The molecule has 0 aromatic rings. The van der Waals surface area contributed by atoms with Gasteiger partial charge in [-0.25, -0.2) is 4.79 Å². The van der Waals surface area contributed by atoms with Crippen LogP contribution in [0.1, 0.15) is 12.8 Å². The summed E-state index contributed by atoms with van der Waals surface area (Å²) < 4.78 is 0. The molecule has 0 atom stereocenters. The summed E-state index contributed by atoms with van der Waals surface area (Å²) >= 11 is 0. The molecule has 0 N–H and O–H groups in total. The second-order valence-electron chi connectivity index (χ2n) is 4.34. The first-order chi connectivity index (χ1) is 8.11. The molecule has 2 heterocycles. The van der Waals surface area contributed by atoms with E-state index >= 15 is 0 Å². The lowest BCUT2D eigenvalue weighted by molar-refractivity contribution is -0.122. The molecule has 2 aliphatic rings. The van der Waals surface area contributed by atoms with E-state index in [9.17, 15) is 9.59 Å². The van der Waals surface area contributed by atoms with Crippen molar-refractivity contribution < 1.29 is 9.59 Å². The average Bonchev–Trinajstić information content (AvgIpc) is 2.89. The fourth-order valence-electron chi connectivity index (χ4n) is 2.06. The summed E-state index contributed by atoms with van der Waals surface area (Å²) in [5, 5.41) is 0. The molecule has 0 saturated carbocycles. The molecule has 0 unspecified atom stereocenters. The van der Waals surface area contributed by atoms with Crippen molar-refractivity contribution in [2.75, 3.05) is 27.2 Å². The Morgan fingerprint density at radius 1 is 1.06 bits per heavy atom. The van der Waals surface area contributed by atoms with Crippen LogP contribution >= 0.6 is 0 Å². The lowest BCUT2D eigenvalue weighted by Gasteiger charge is -2.09. The van der Waals surface area contributed by atoms with Crippen molar-refractivity contribution in [1.29, 1.82) is 0 Å². The van der Waals surface area contributed by atoms with Crippen molar-refractivity contribution in [2.24, 2.45) is 0 Å². The topological polar surface area (TPSA) is 43.9 Å². The molecule has 0 bridgehead atoms. The maximum Gasteiger partial charge on any atom is 0.331 e. The van der Waals surface area contributed by atoms with Gasteiger partial charge in [0, 0.05) is 27.2 Å². The first kappa shape index (κ1) is 11.7. The minimum Gasteiger partial charge on any atom is -0.377 e. The standard InChI is InChI=1S/C12H17N3O2/c1-13-10(11(16)14(2)12(13)17)6-5-9-15-7-3-4-8-15/h5-6,9H,3-4,7-8H2,1-2H3/b9-5+,10-6+. The van der Waals surface area contributed by atoms with Crippen LogP contribution in [-0.2, 0) is 4.79 Å². The number of hydrogen-bond donors (Lipinski definition) is 0. The molecule has 0 spiro atoms. The Labute approximate surface area is 101 Å². The highest BCUT2D eigenvalue weighted by atomic mass is 16.2. The van der Waals surface area contributed by atoms with E-state index in [1.54, 1.807) is 13.1 Å². The Hall–Kier alpha value is -1.78. The SMILES string of the molecule is CN1C(=O)/C(=C\C=C\N2CCCC2)N(C)C1=O. The molecule has 2 aliphatic heterocycles. The van der Waals surface area contributed by atoms with Gasteiger partial charge in [-0.3, -0.25) is 14.6 Å². The number of amides is 3. The van der Waals surface area contributed by atoms with Gasteiger partial charge in [0.2, 0.25) is 0 Å². The van der Waals surface area contributed by atoms with Crippen LogP contribution in [-0.4, -0.2) is 53.8 Å². The molecule has 0 aromatic carbocycles. The number of carbonyl (C=O) groups excluding carboxylic acids is 2. The van der Waals surface area contributed by atoms with Crippen molar-refractivity contribution in [1.82, 2.24) is 14.7 Å². The Morgan fingerprint density at radius 3 is 2.24 bits per heavy atom. The van der Waals surface area contributed by atoms with Crippen LogP contribution in [0.5, 0.6) is 0 Å². The van der Waals surface area contributed by atoms with Gasteiger partial charge in [-0.15, -0.1) is 0 Å². The van der Waals surface area contributed by atoms with Crippen LogP contribution in [0, 0.1) is 0 Å². The summed E-state index contributed by atoms with van der Waals surface area (Å²) in [6.07, 6.45) is 7.95. The van der Waals surface area contributed by atoms with E-state index in [1.807, 2.05) is 12.3 Å². The summed E-state index contributed by atoms with van der Waals surface area (Å²) in [5.41, 5.74) is 0.424. The lowest BCUT2D eigenvalue weighted by atomic mass is 10.3. The zero-order valence-electron chi connectivity index (χ0n) is 10.2. The van der Waals surface area contributed by atoms with Gasteiger partial charge in [0.25, 0.3) is 5.91 Å². The van der Waals surface area contributed by atoms with Crippen LogP contribution in [0.25, 0.3) is 0 Å². The third-order valence-electron chi connectivity index (χ3n) is 3.15. The fraction of sp³-hybridized carbons (Fsp3) is 0.500. The number of urea groups is 1. The van der Waals surface area contributed by atoms with E-state index in [-0.39, 0.29) is 11.9 Å². The van der Waals surface area contributed by atoms with Gasteiger partial charge in [-0.05, 0) is 31.2 Å². The van der Waals surface area contributed by atoms with Gasteiger partial charge >= 0.3 is 6.03 Å². The predicted octanol–water partition coefficient (Wildman–Crippen LogP) is 1.00. The van der Waals surface area contributed by atoms with E-state index in [0.717, 1.165) is 18.0 Å². The third-order valence-corrected chi connectivity index (χ3v) is 3.15. The number of hydrogen-bond acceptors (Lipinski definition) is 3. The molecule has 0 radical (unpaired) electrons. The highest BCUT2D eigenvalue weighted by Gasteiger charge is 2.35. The molecule has 17 heavy (non-hydrogen) atoms. The molecular formula is C12H17N3O2. The summed E-state index contributed by atoms with van der Waals surface area (Å²) in [7, 11) is 3.10.